The number of hydrogen-bond acceptors (Lipinski definition) is 4. The molecule has 0 spiro atoms. The molecule has 0 aliphatic carbocycles. The Labute approximate surface area is 187 Å². The fraction of sp³-hybridized carbons (Fsp3) is 0.474. The van der Waals surface area contributed by atoms with Crippen LogP contribution < -0.4 is 15.5 Å². The second kappa shape index (κ2) is 10.5. The highest BCUT2D eigenvalue weighted by Crippen LogP contribution is 2.23. The van der Waals surface area contributed by atoms with E-state index < -0.39 is 0 Å². The number of halogens is 2. The van der Waals surface area contributed by atoms with E-state index in [-0.39, 0.29) is 24.0 Å². The van der Waals surface area contributed by atoms with Crippen molar-refractivity contribution < 1.29 is 0 Å². The van der Waals surface area contributed by atoms with E-state index >= 15 is 0 Å². The van der Waals surface area contributed by atoms with Gasteiger partial charge in [-0.3, -0.25) is 4.99 Å². The number of nitrogens with zero attached hydrogens (tertiary/aromatic N) is 3. The Balaban J connectivity index is 0.00000261. The molecule has 27 heavy (non-hydrogen) atoms. The van der Waals surface area contributed by atoms with Gasteiger partial charge in [-0.15, -0.1) is 35.3 Å². The van der Waals surface area contributed by atoms with Crippen molar-refractivity contribution in [3.63, 3.8) is 0 Å². The number of rotatable bonds is 5. The monoisotopic (exact) mass is 519 g/mol. The molecule has 1 fully saturated rings. The molecule has 1 saturated heterocycles. The number of aromatic nitrogens is 1. The molecule has 0 saturated carbocycles. The Bertz CT molecular complexity index is 779. The lowest BCUT2D eigenvalue weighted by Crippen LogP contribution is -2.45. The van der Waals surface area contributed by atoms with E-state index in [0.29, 0.717) is 6.04 Å². The van der Waals surface area contributed by atoms with Crippen LogP contribution in [0.25, 0.3) is 0 Å². The average molecular weight is 520 g/mol. The third kappa shape index (κ3) is 6.22. The summed E-state index contributed by atoms with van der Waals surface area (Å²) in [7, 11) is 1.82. The van der Waals surface area contributed by atoms with E-state index in [1.165, 1.54) is 10.6 Å². The molecule has 8 heteroatoms. The number of benzene rings is 1. The van der Waals surface area contributed by atoms with Crippen LogP contribution in [0.1, 0.15) is 22.0 Å². The molecule has 1 aliphatic rings. The zero-order valence-corrected chi connectivity index (χ0v) is 19.9. The first kappa shape index (κ1) is 22.2. The SMILES string of the molecule is CN=C(NCCc1sc(C)nc1C)NC1CCN(c2cccc(Cl)c2)C1.I. The lowest BCUT2D eigenvalue weighted by molar-refractivity contribution is 0.648. The molecule has 3 rings (SSSR count). The van der Waals surface area contributed by atoms with Gasteiger partial charge in [0.05, 0.1) is 10.7 Å². The summed E-state index contributed by atoms with van der Waals surface area (Å²) in [4.78, 5) is 12.6. The summed E-state index contributed by atoms with van der Waals surface area (Å²) in [6.45, 7) is 6.96. The van der Waals surface area contributed by atoms with Crippen LogP contribution in [0, 0.1) is 13.8 Å². The second-order valence-corrected chi connectivity index (χ2v) is 8.27. The quantitative estimate of drug-likeness (QED) is 0.356. The van der Waals surface area contributed by atoms with Crippen molar-refractivity contribution in [2.45, 2.75) is 32.7 Å². The summed E-state index contributed by atoms with van der Waals surface area (Å²) < 4.78 is 0. The van der Waals surface area contributed by atoms with Gasteiger partial charge in [-0.1, -0.05) is 17.7 Å². The van der Waals surface area contributed by atoms with Crippen molar-refractivity contribution in [1.29, 1.82) is 0 Å². The highest BCUT2D eigenvalue weighted by molar-refractivity contribution is 14.0. The van der Waals surface area contributed by atoms with E-state index in [0.717, 1.165) is 54.2 Å². The molecule has 1 atom stereocenters. The molecule has 5 nitrogen and oxygen atoms in total. The zero-order chi connectivity index (χ0) is 18.5. The first-order valence-electron chi connectivity index (χ1n) is 8.95. The van der Waals surface area contributed by atoms with Gasteiger partial charge in [-0.25, -0.2) is 4.98 Å². The molecule has 0 radical (unpaired) electrons. The minimum Gasteiger partial charge on any atom is -0.369 e. The van der Waals surface area contributed by atoms with E-state index in [1.807, 2.05) is 25.2 Å². The van der Waals surface area contributed by atoms with Crippen molar-refractivity contribution in [3.8, 4) is 0 Å². The number of nitrogens with one attached hydrogen (secondary N) is 2. The number of aryl methyl sites for hydroxylation is 2. The number of anilines is 1. The molecule has 1 unspecified atom stereocenters. The van der Waals surface area contributed by atoms with Crippen LogP contribution in [0.2, 0.25) is 5.02 Å². The van der Waals surface area contributed by atoms with Crippen molar-refractivity contribution in [3.05, 3.63) is 44.9 Å². The Kier molecular flexibility index (Phi) is 8.62. The van der Waals surface area contributed by atoms with E-state index in [2.05, 4.69) is 45.4 Å². The molecule has 2 aromatic rings. The van der Waals surface area contributed by atoms with Gasteiger partial charge in [0.15, 0.2) is 5.96 Å². The minimum absolute atomic E-state index is 0. The number of thiazole rings is 1. The molecule has 0 bridgehead atoms. The fourth-order valence-corrected chi connectivity index (χ4v) is 4.39. The number of guanidine groups is 1. The minimum atomic E-state index is 0. The maximum absolute atomic E-state index is 6.11. The van der Waals surface area contributed by atoms with Gasteiger partial charge in [0.1, 0.15) is 0 Å². The summed E-state index contributed by atoms with van der Waals surface area (Å²) in [5.41, 5.74) is 2.32. The van der Waals surface area contributed by atoms with Gasteiger partial charge in [0.2, 0.25) is 0 Å². The standard InChI is InChI=1S/C19H26ClN5S.HI/c1-13-18(26-14(2)23-13)7-9-22-19(21-3)24-16-8-10-25(12-16)17-6-4-5-15(20)11-17;/h4-6,11,16H,7-10,12H2,1-3H3,(H2,21,22,24);1H. The zero-order valence-electron chi connectivity index (χ0n) is 16.0. The predicted octanol–water partition coefficient (Wildman–Crippen LogP) is 4.02. The normalized spacial score (nSPS) is 17.0. The fourth-order valence-electron chi connectivity index (χ4n) is 3.27. The average Bonchev–Trinajstić information content (AvgIpc) is 3.20. The Morgan fingerprint density at radius 3 is 2.89 bits per heavy atom. The largest absolute Gasteiger partial charge is 0.369 e. The first-order valence-corrected chi connectivity index (χ1v) is 10.1. The highest BCUT2D eigenvalue weighted by Gasteiger charge is 2.23. The lowest BCUT2D eigenvalue weighted by Gasteiger charge is -2.20. The topological polar surface area (TPSA) is 52.6 Å². The van der Waals surface area contributed by atoms with Gasteiger partial charge in [-0.05, 0) is 38.5 Å². The molecular formula is C19H27ClIN5S. The predicted molar refractivity (Wildman–Crippen MR) is 127 cm³/mol. The summed E-state index contributed by atoms with van der Waals surface area (Å²) in [6, 6.07) is 8.43. The molecule has 1 aromatic carbocycles. The van der Waals surface area contributed by atoms with Crippen LogP contribution in [-0.2, 0) is 6.42 Å². The maximum Gasteiger partial charge on any atom is 0.191 e. The van der Waals surface area contributed by atoms with Gasteiger partial charge in [-0.2, -0.15) is 0 Å². The Morgan fingerprint density at radius 2 is 2.22 bits per heavy atom. The van der Waals surface area contributed by atoms with Gasteiger partial charge < -0.3 is 15.5 Å². The first-order chi connectivity index (χ1) is 12.5. The molecule has 148 valence electrons. The van der Waals surface area contributed by atoms with Crippen molar-refractivity contribution >= 4 is 58.6 Å². The van der Waals surface area contributed by atoms with E-state index in [1.54, 1.807) is 11.3 Å². The third-order valence-electron chi connectivity index (χ3n) is 4.57. The van der Waals surface area contributed by atoms with Gasteiger partial charge >= 0.3 is 0 Å². The van der Waals surface area contributed by atoms with Crippen LogP contribution >= 0.6 is 46.9 Å². The molecule has 2 N–H and O–H groups in total. The summed E-state index contributed by atoms with van der Waals surface area (Å²) in [6.07, 6.45) is 2.05. The molecule has 1 aliphatic heterocycles. The van der Waals surface area contributed by atoms with Crippen LogP contribution in [0.4, 0.5) is 5.69 Å². The summed E-state index contributed by atoms with van der Waals surface area (Å²) >= 11 is 7.89. The Morgan fingerprint density at radius 1 is 1.41 bits per heavy atom. The number of aliphatic imine (C=N–C) groups is 1. The highest BCUT2D eigenvalue weighted by atomic mass is 127. The molecule has 0 amide bonds. The summed E-state index contributed by atoms with van der Waals surface area (Å²) in [5.74, 6) is 0.863. The van der Waals surface area contributed by atoms with E-state index in [9.17, 15) is 0 Å². The lowest BCUT2D eigenvalue weighted by atomic mass is 10.2. The van der Waals surface area contributed by atoms with Crippen molar-refractivity contribution in [1.82, 2.24) is 15.6 Å². The summed E-state index contributed by atoms with van der Waals surface area (Å²) in [5, 5.41) is 8.88. The Hall–Kier alpha value is -1.06. The molecule has 2 heterocycles. The van der Waals surface area contributed by atoms with Crippen LogP contribution in [-0.4, -0.2) is 43.7 Å². The van der Waals surface area contributed by atoms with Crippen LogP contribution in [0.5, 0.6) is 0 Å². The second-order valence-electron chi connectivity index (χ2n) is 6.55. The third-order valence-corrected chi connectivity index (χ3v) is 5.94. The number of hydrogen-bond donors (Lipinski definition) is 2. The molecular weight excluding hydrogens is 493 g/mol. The van der Waals surface area contributed by atoms with Gasteiger partial charge in [0, 0.05) is 54.7 Å². The molecule has 1 aromatic heterocycles. The maximum atomic E-state index is 6.11. The smallest absolute Gasteiger partial charge is 0.191 e. The van der Waals surface area contributed by atoms with E-state index in [4.69, 9.17) is 11.6 Å². The van der Waals surface area contributed by atoms with Crippen LogP contribution in [0.15, 0.2) is 29.3 Å². The van der Waals surface area contributed by atoms with Gasteiger partial charge in [0.25, 0.3) is 0 Å². The van der Waals surface area contributed by atoms with Crippen molar-refractivity contribution in [2.24, 2.45) is 4.99 Å². The van der Waals surface area contributed by atoms with Crippen molar-refractivity contribution in [2.75, 3.05) is 31.6 Å². The van der Waals surface area contributed by atoms with Crippen LogP contribution in [0.3, 0.4) is 0 Å².